The van der Waals surface area contributed by atoms with Gasteiger partial charge in [-0.25, -0.2) is 9.97 Å². The van der Waals surface area contributed by atoms with E-state index < -0.39 is 0 Å². The summed E-state index contributed by atoms with van der Waals surface area (Å²) in [4.78, 5) is 10.4. The Hall–Kier alpha value is -7.42. The molecule has 1 heterocycles. The Labute approximate surface area is 345 Å². The van der Waals surface area contributed by atoms with Crippen LogP contribution in [-0.2, 0) is 5.41 Å². The Kier molecular flexibility index (Phi) is 8.20. The molecule has 0 spiro atoms. The molecular formula is C57H40N2. The molecule has 0 amide bonds. The summed E-state index contributed by atoms with van der Waals surface area (Å²) in [5, 5.41) is 4.95. The summed E-state index contributed by atoms with van der Waals surface area (Å²) in [6.07, 6.45) is 0. The molecule has 0 atom stereocenters. The van der Waals surface area contributed by atoms with Crippen molar-refractivity contribution >= 4 is 21.5 Å². The monoisotopic (exact) mass is 752 g/mol. The lowest BCUT2D eigenvalue weighted by Gasteiger charge is -2.21. The summed E-state index contributed by atoms with van der Waals surface area (Å²) in [6, 6.07) is 74.3. The van der Waals surface area contributed by atoms with Crippen molar-refractivity contribution in [1.29, 1.82) is 0 Å². The highest BCUT2D eigenvalue weighted by Gasteiger charge is 2.36. The van der Waals surface area contributed by atoms with Crippen molar-refractivity contribution in [3.8, 4) is 78.4 Å². The minimum absolute atomic E-state index is 0.0474. The predicted molar refractivity (Wildman–Crippen MR) is 247 cm³/mol. The fourth-order valence-corrected chi connectivity index (χ4v) is 9.26. The predicted octanol–water partition coefficient (Wildman–Crippen LogP) is 15.1. The van der Waals surface area contributed by atoms with Crippen LogP contribution in [0.4, 0.5) is 0 Å². The lowest BCUT2D eigenvalue weighted by atomic mass is 9.82. The van der Waals surface area contributed by atoms with Gasteiger partial charge in [-0.1, -0.05) is 202 Å². The van der Waals surface area contributed by atoms with Crippen molar-refractivity contribution in [2.75, 3.05) is 0 Å². The first kappa shape index (κ1) is 34.8. The smallest absolute Gasteiger partial charge is 0.160 e. The van der Waals surface area contributed by atoms with Crippen LogP contribution < -0.4 is 0 Å². The Morgan fingerprint density at radius 2 is 0.864 bits per heavy atom. The van der Waals surface area contributed by atoms with Gasteiger partial charge in [0.1, 0.15) is 0 Å². The molecule has 2 heteroatoms. The van der Waals surface area contributed by atoms with Gasteiger partial charge in [0.25, 0.3) is 0 Å². The van der Waals surface area contributed by atoms with E-state index in [0.29, 0.717) is 5.82 Å². The molecule has 0 N–H and O–H groups in total. The van der Waals surface area contributed by atoms with Gasteiger partial charge >= 0.3 is 0 Å². The van der Waals surface area contributed by atoms with Crippen LogP contribution in [0.3, 0.4) is 0 Å². The molecule has 1 aromatic heterocycles. The first-order valence-corrected chi connectivity index (χ1v) is 20.4. The molecule has 0 unspecified atom stereocenters. The van der Waals surface area contributed by atoms with Crippen molar-refractivity contribution in [3.63, 3.8) is 0 Å². The standard InChI is InChI=1S/C57H40N2/c1-57(2)51-32-29-43(35-50(51)55-46-21-10-9-16-39(46)28-33-52(55)57)38-24-26-40(27-25-38)45-30-31-49(48-23-12-11-22-47(45)48)54-36-53(58-56(59-54)41-17-7-4-8-18-41)44-20-13-19-42(34-44)37-14-5-3-6-15-37/h3-36H,1-2H3. The van der Waals surface area contributed by atoms with Crippen molar-refractivity contribution < 1.29 is 0 Å². The average molecular weight is 753 g/mol. The fourth-order valence-electron chi connectivity index (χ4n) is 9.26. The van der Waals surface area contributed by atoms with Crippen LogP contribution in [0.2, 0.25) is 0 Å². The van der Waals surface area contributed by atoms with Crippen LogP contribution in [0.25, 0.3) is 100.0 Å². The zero-order chi connectivity index (χ0) is 39.5. The number of fused-ring (bicyclic) bond motifs is 6. The van der Waals surface area contributed by atoms with Gasteiger partial charge in [0.15, 0.2) is 5.82 Å². The first-order chi connectivity index (χ1) is 29.0. The summed E-state index contributed by atoms with van der Waals surface area (Å²) < 4.78 is 0. The van der Waals surface area contributed by atoms with Crippen LogP contribution in [-0.4, -0.2) is 9.97 Å². The van der Waals surface area contributed by atoms with Crippen molar-refractivity contribution in [3.05, 3.63) is 217 Å². The Morgan fingerprint density at radius 1 is 0.322 bits per heavy atom. The van der Waals surface area contributed by atoms with E-state index >= 15 is 0 Å². The number of hydrogen-bond donors (Lipinski definition) is 0. The number of aromatic nitrogens is 2. The van der Waals surface area contributed by atoms with Crippen LogP contribution in [0.1, 0.15) is 25.0 Å². The summed E-state index contributed by atoms with van der Waals surface area (Å²) in [6.45, 7) is 4.71. The van der Waals surface area contributed by atoms with E-state index in [9.17, 15) is 0 Å². The third-order valence-electron chi connectivity index (χ3n) is 12.3. The first-order valence-electron chi connectivity index (χ1n) is 20.4. The highest BCUT2D eigenvalue weighted by molar-refractivity contribution is 6.05. The van der Waals surface area contributed by atoms with E-state index in [-0.39, 0.29) is 5.41 Å². The quantitative estimate of drug-likeness (QED) is 0.169. The van der Waals surface area contributed by atoms with E-state index in [0.717, 1.165) is 39.0 Å². The van der Waals surface area contributed by atoms with Gasteiger partial charge in [-0.05, 0) is 95.4 Å². The minimum atomic E-state index is -0.0474. The lowest BCUT2D eigenvalue weighted by Crippen LogP contribution is -2.14. The van der Waals surface area contributed by atoms with E-state index in [4.69, 9.17) is 9.97 Å². The SMILES string of the molecule is CC1(C)c2ccc(-c3ccc(-c4ccc(-c5cc(-c6cccc(-c7ccccc7)c6)nc(-c6ccccc6)n5)c5ccccc45)cc3)cc2-c2c1ccc1ccccc21. The number of rotatable bonds is 6. The molecular weight excluding hydrogens is 713 g/mol. The lowest BCUT2D eigenvalue weighted by molar-refractivity contribution is 0.661. The average Bonchev–Trinajstić information content (AvgIpc) is 3.54. The summed E-state index contributed by atoms with van der Waals surface area (Å²) in [5.41, 5.74) is 17.5. The van der Waals surface area contributed by atoms with E-state index in [1.165, 1.54) is 66.2 Å². The molecule has 11 rings (SSSR count). The third-order valence-corrected chi connectivity index (χ3v) is 12.3. The van der Waals surface area contributed by atoms with Crippen LogP contribution in [0, 0.1) is 0 Å². The molecule has 0 fully saturated rings. The van der Waals surface area contributed by atoms with Crippen LogP contribution in [0.5, 0.6) is 0 Å². The number of nitrogens with zero attached hydrogens (tertiary/aromatic N) is 2. The van der Waals surface area contributed by atoms with Crippen molar-refractivity contribution in [2.24, 2.45) is 0 Å². The van der Waals surface area contributed by atoms with Gasteiger partial charge in [-0.3, -0.25) is 0 Å². The van der Waals surface area contributed by atoms with Crippen molar-refractivity contribution in [1.82, 2.24) is 9.97 Å². The van der Waals surface area contributed by atoms with Gasteiger partial charge in [0.2, 0.25) is 0 Å². The van der Waals surface area contributed by atoms with E-state index in [1.54, 1.807) is 0 Å². The molecule has 278 valence electrons. The molecule has 0 saturated carbocycles. The second kappa shape index (κ2) is 13.9. The molecule has 2 nitrogen and oxygen atoms in total. The van der Waals surface area contributed by atoms with Gasteiger partial charge < -0.3 is 0 Å². The molecule has 0 bridgehead atoms. The molecule has 1 aliphatic rings. The largest absolute Gasteiger partial charge is 0.228 e. The van der Waals surface area contributed by atoms with E-state index in [1.807, 2.05) is 18.2 Å². The molecule has 0 saturated heterocycles. The van der Waals surface area contributed by atoms with Gasteiger partial charge in [0, 0.05) is 22.1 Å². The van der Waals surface area contributed by atoms with E-state index in [2.05, 4.69) is 202 Å². The summed E-state index contributed by atoms with van der Waals surface area (Å²) >= 11 is 0. The molecule has 0 radical (unpaired) electrons. The van der Waals surface area contributed by atoms with Crippen molar-refractivity contribution in [2.45, 2.75) is 19.3 Å². The maximum absolute atomic E-state index is 5.23. The molecule has 1 aliphatic carbocycles. The Morgan fingerprint density at radius 3 is 1.64 bits per heavy atom. The highest BCUT2D eigenvalue weighted by Crippen LogP contribution is 2.52. The second-order valence-electron chi connectivity index (χ2n) is 16.2. The number of hydrogen-bond acceptors (Lipinski definition) is 2. The molecule has 10 aromatic rings. The van der Waals surface area contributed by atoms with Gasteiger partial charge in [0.05, 0.1) is 11.4 Å². The molecule has 9 aromatic carbocycles. The van der Waals surface area contributed by atoms with Crippen LogP contribution >= 0.6 is 0 Å². The van der Waals surface area contributed by atoms with Crippen LogP contribution in [0.15, 0.2) is 206 Å². The maximum atomic E-state index is 5.23. The minimum Gasteiger partial charge on any atom is -0.228 e. The Bertz CT molecular complexity index is 3220. The highest BCUT2D eigenvalue weighted by atomic mass is 14.9. The summed E-state index contributed by atoms with van der Waals surface area (Å²) in [5.74, 6) is 0.707. The zero-order valence-electron chi connectivity index (χ0n) is 33.0. The third kappa shape index (κ3) is 5.96. The van der Waals surface area contributed by atoms with Gasteiger partial charge in [-0.15, -0.1) is 0 Å². The second-order valence-corrected chi connectivity index (χ2v) is 16.2. The molecule has 0 aliphatic heterocycles. The topological polar surface area (TPSA) is 25.8 Å². The Balaban J connectivity index is 0.985. The fraction of sp³-hybridized carbons (Fsp3) is 0.0526. The normalized spacial score (nSPS) is 12.7. The van der Waals surface area contributed by atoms with Gasteiger partial charge in [-0.2, -0.15) is 0 Å². The zero-order valence-corrected chi connectivity index (χ0v) is 33.0. The summed E-state index contributed by atoms with van der Waals surface area (Å²) in [7, 11) is 0. The molecule has 59 heavy (non-hydrogen) atoms. The number of benzene rings is 9. The maximum Gasteiger partial charge on any atom is 0.160 e.